The van der Waals surface area contributed by atoms with Gasteiger partial charge in [0, 0.05) is 36.3 Å². The third-order valence-electron chi connectivity index (χ3n) is 4.39. The molecule has 0 saturated carbocycles. The Kier molecular flexibility index (Phi) is 5.94. The molecule has 0 aliphatic heterocycles. The number of aromatic amines is 1. The second kappa shape index (κ2) is 9.14. The molecule has 0 spiro atoms. The Hall–Kier alpha value is -4.80. The van der Waals surface area contributed by atoms with Gasteiger partial charge in [-0.05, 0) is 31.2 Å². The number of rotatable bonds is 5. The van der Waals surface area contributed by atoms with Gasteiger partial charge in [-0.3, -0.25) is 20.1 Å². The van der Waals surface area contributed by atoms with E-state index in [4.69, 9.17) is 13.9 Å². The highest BCUT2D eigenvalue weighted by atomic mass is 16.5. The summed E-state index contributed by atoms with van der Waals surface area (Å²) in [7, 11) is 0. The molecule has 11 nitrogen and oxygen atoms in total. The molecule has 0 unspecified atom stereocenters. The largest absolute Gasteiger partial charge is 0.450 e. The Balaban J connectivity index is 1.76. The van der Waals surface area contributed by atoms with Crippen LogP contribution in [0.25, 0.3) is 22.4 Å². The van der Waals surface area contributed by atoms with Gasteiger partial charge in [0.15, 0.2) is 5.43 Å². The molecule has 0 aliphatic carbocycles. The number of ether oxygens (including phenoxy) is 2. The second-order valence-corrected chi connectivity index (χ2v) is 6.59. The number of hydrogen-bond acceptors (Lipinski definition) is 9. The van der Waals surface area contributed by atoms with Crippen molar-refractivity contribution in [3.8, 4) is 17.1 Å². The van der Waals surface area contributed by atoms with Crippen LogP contribution < -0.4 is 21.2 Å². The number of benzene rings is 1. The van der Waals surface area contributed by atoms with Gasteiger partial charge < -0.3 is 13.9 Å². The lowest BCUT2D eigenvalue weighted by Gasteiger charge is -2.13. The number of aromatic nitrogens is 3. The van der Waals surface area contributed by atoms with Gasteiger partial charge >= 0.3 is 17.8 Å². The highest BCUT2D eigenvalue weighted by molar-refractivity contribution is 5.93. The van der Waals surface area contributed by atoms with Crippen molar-refractivity contribution in [1.29, 1.82) is 0 Å². The number of amides is 1. The SMILES string of the molecule is CCOC(=O)Nc1cc(OC(=O)c2cccnc2)ccc1-c1cc(=O)c2cnc(=O)[nH]c2o1. The topological polar surface area (TPSA) is 153 Å². The number of anilines is 1. The van der Waals surface area contributed by atoms with Crippen LogP contribution in [0.3, 0.4) is 0 Å². The van der Waals surface area contributed by atoms with Crippen LogP contribution in [0.5, 0.6) is 5.75 Å². The summed E-state index contributed by atoms with van der Waals surface area (Å²) in [5.74, 6) is -0.494. The number of pyridine rings is 1. The number of H-pyrrole nitrogens is 1. The average Bonchev–Trinajstić information content (AvgIpc) is 2.79. The minimum Gasteiger partial charge on any atom is -0.450 e. The average molecular weight is 448 g/mol. The summed E-state index contributed by atoms with van der Waals surface area (Å²) >= 11 is 0. The highest BCUT2D eigenvalue weighted by Crippen LogP contribution is 2.32. The van der Waals surface area contributed by atoms with Crippen molar-refractivity contribution in [2.24, 2.45) is 0 Å². The quantitative estimate of drug-likeness (QED) is 0.346. The molecule has 3 aromatic heterocycles. The van der Waals surface area contributed by atoms with E-state index in [1.54, 1.807) is 19.1 Å². The molecule has 3 heterocycles. The first-order chi connectivity index (χ1) is 15.9. The van der Waals surface area contributed by atoms with Crippen LogP contribution in [0.4, 0.5) is 10.5 Å². The van der Waals surface area contributed by atoms with E-state index in [0.717, 1.165) is 6.20 Å². The van der Waals surface area contributed by atoms with E-state index in [1.807, 2.05) is 0 Å². The van der Waals surface area contributed by atoms with Crippen molar-refractivity contribution in [2.45, 2.75) is 6.92 Å². The van der Waals surface area contributed by atoms with Crippen molar-refractivity contribution in [2.75, 3.05) is 11.9 Å². The van der Waals surface area contributed by atoms with Crippen LogP contribution in [0.2, 0.25) is 0 Å². The molecule has 0 saturated heterocycles. The maximum atomic E-state index is 12.5. The lowest BCUT2D eigenvalue weighted by atomic mass is 10.1. The Labute approximate surface area is 185 Å². The predicted molar refractivity (Wildman–Crippen MR) is 116 cm³/mol. The van der Waals surface area contributed by atoms with Gasteiger partial charge in [-0.25, -0.2) is 19.4 Å². The van der Waals surface area contributed by atoms with Gasteiger partial charge in [-0.2, -0.15) is 0 Å². The Morgan fingerprint density at radius 3 is 2.76 bits per heavy atom. The lowest BCUT2D eigenvalue weighted by molar-refractivity contribution is 0.0734. The van der Waals surface area contributed by atoms with Gasteiger partial charge in [0.25, 0.3) is 0 Å². The van der Waals surface area contributed by atoms with Crippen LogP contribution >= 0.6 is 0 Å². The van der Waals surface area contributed by atoms with Crippen LogP contribution in [0, 0.1) is 0 Å². The number of fused-ring (bicyclic) bond motifs is 1. The summed E-state index contributed by atoms with van der Waals surface area (Å²) in [5, 5.41) is 2.61. The third-order valence-corrected chi connectivity index (χ3v) is 4.39. The Morgan fingerprint density at radius 2 is 2.00 bits per heavy atom. The Bertz CT molecular complexity index is 1460. The van der Waals surface area contributed by atoms with E-state index in [1.165, 1.54) is 36.7 Å². The van der Waals surface area contributed by atoms with E-state index >= 15 is 0 Å². The van der Waals surface area contributed by atoms with E-state index in [2.05, 4.69) is 20.3 Å². The summed E-state index contributed by atoms with van der Waals surface area (Å²) in [5.41, 5.74) is -0.564. The zero-order chi connectivity index (χ0) is 23.4. The molecule has 1 aromatic carbocycles. The van der Waals surface area contributed by atoms with Gasteiger partial charge in [-0.15, -0.1) is 0 Å². The minimum absolute atomic E-state index is 0.0475. The molecule has 4 rings (SSSR count). The molecule has 1 amide bonds. The zero-order valence-corrected chi connectivity index (χ0v) is 17.2. The van der Waals surface area contributed by atoms with Crippen molar-refractivity contribution in [1.82, 2.24) is 15.0 Å². The van der Waals surface area contributed by atoms with Crippen molar-refractivity contribution in [3.05, 3.63) is 81.3 Å². The van der Waals surface area contributed by atoms with E-state index in [-0.39, 0.29) is 46.0 Å². The molecule has 33 heavy (non-hydrogen) atoms. The van der Waals surface area contributed by atoms with Gasteiger partial charge in [0.1, 0.15) is 16.9 Å². The maximum Gasteiger partial charge on any atom is 0.411 e. The van der Waals surface area contributed by atoms with Crippen molar-refractivity contribution >= 4 is 28.8 Å². The summed E-state index contributed by atoms with van der Waals surface area (Å²) in [4.78, 5) is 58.2. The lowest BCUT2D eigenvalue weighted by Crippen LogP contribution is -2.15. The molecule has 0 aliphatic rings. The van der Waals surface area contributed by atoms with E-state index in [9.17, 15) is 19.2 Å². The van der Waals surface area contributed by atoms with Crippen LogP contribution in [0.1, 0.15) is 17.3 Å². The van der Waals surface area contributed by atoms with Gasteiger partial charge in [0.05, 0.1) is 17.9 Å². The first kappa shape index (κ1) is 21.4. The maximum absolute atomic E-state index is 12.5. The molecule has 11 heteroatoms. The number of carbonyl (C=O) groups excluding carboxylic acids is 2. The van der Waals surface area contributed by atoms with Crippen LogP contribution in [-0.2, 0) is 4.74 Å². The molecule has 0 radical (unpaired) electrons. The molecular formula is C22H16N4O7. The monoisotopic (exact) mass is 448 g/mol. The molecule has 166 valence electrons. The van der Waals surface area contributed by atoms with Crippen molar-refractivity contribution in [3.63, 3.8) is 0 Å². The normalized spacial score (nSPS) is 10.6. The molecular weight excluding hydrogens is 432 g/mol. The molecule has 2 N–H and O–H groups in total. The summed E-state index contributed by atoms with van der Waals surface area (Å²) in [6.45, 7) is 1.76. The minimum atomic E-state index is -0.768. The van der Waals surface area contributed by atoms with Crippen LogP contribution in [-0.4, -0.2) is 33.6 Å². The fourth-order valence-electron chi connectivity index (χ4n) is 2.94. The number of nitrogens with one attached hydrogen (secondary N) is 2. The molecule has 0 fully saturated rings. The third kappa shape index (κ3) is 4.77. The van der Waals surface area contributed by atoms with Gasteiger partial charge in [-0.1, -0.05) is 0 Å². The van der Waals surface area contributed by atoms with Crippen molar-refractivity contribution < 1.29 is 23.5 Å². The predicted octanol–water partition coefficient (Wildman–Crippen LogP) is 2.73. The van der Waals surface area contributed by atoms with Crippen LogP contribution in [0.15, 0.2) is 69.0 Å². The zero-order valence-electron chi connectivity index (χ0n) is 17.2. The second-order valence-electron chi connectivity index (χ2n) is 6.59. The fourth-order valence-corrected chi connectivity index (χ4v) is 2.94. The number of hydrogen-bond donors (Lipinski definition) is 2. The standard InChI is InChI=1S/C22H16N4O7/c1-2-31-22(30)25-16-8-13(32-20(28)12-4-3-7-23-10-12)5-6-14(16)18-9-17(27)15-11-24-21(29)26-19(15)33-18/h3-11H,2H2,1H3,(H,25,30)(H,24,26,29). The summed E-state index contributed by atoms with van der Waals surface area (Å²) in [6, 6.07) is 8.64. The highest BCUT2D eigenvalue weighted by Gasteiger charge is 2.17. The summed E-state index contributed by atoms with van der Waals surface area (Å²) < 4.78 is 16.0. The first-order valence-corrected chi connectivity index (χ1v) is 9.68. The van der Waals surface area contributed by atoms with E-state index in [0.29, 0.717) is 0 Å². The fraction of sp³-hybridized carbons (Fsp3) is 0.0909. The smallest absolute Gasteiger partial charge is 0.411 e. The molecule has 0 bridgehead atoms. The number of nitrogens with zero attached hydrogens (tertiary/aromatic N) is 2. The summed E-state index contributed by atoms with van der Waals surface area (Å²) in [6.07, 6.45) is 3.22. The number of carbonyl (C=O) groups is 2. The number of esters is 1. The Morgan fingerprint density at radius 1 is 1.15 bits per heavy atom. The molecule has 4 aromatic rings. The first-order valence-electron chi connectivity index (χ1n) is 9.68. The van der Waals surface area contributed by atoms with E-state index < -0.39 is 23.2 Å². The van der Waals surface area contributed by atoms with Gasteiger partial charge in [0.2, 0.25) is 5.71 Å². The molecule has 0 atom stereocenters.